The molecule has 1 saturated heterocycles. The number of benzene rings is 1. The van der Waals surface area contributed by atoms with Crippen LogP contribution in [0.25, 0.3) is 11.4 Å². The van der Waals surface area contributed by atoms with E-state index in [1.165, 1.54) is 6.92 Å². The van der Waals surface area contributed by atoms with Crippen molar-refractivity contribution < 1.29 is 32.5 Å². The van der Waals surface area contributed by atoms with Crippen molar-refractivity contribution in [3.63, 3.8) is 0 Å². The molecule has 0 aliphatic carbocycles. The Bertz CT molecular complexity index is 1110. The molecule has 1 aromatic heterocycles. The molecule has 8 nitrogen and oxygen atoms in total. The van der Waals surface area contributed by atoms with E-state index in [2.05, 4.69) is 9.97 Å². The third kappa shape index (κ3) is 5.44. The van der Waals surface area contributed by atoms with Crippen LogP contribution >= 0.6 is 22.2 Å². The molecule has 1 fully saturated rings. The number of piperidine rings is 1. The average molecular weight is 518 g/mol. The lowest BCUT2D eigenvalue weighted by Crippen LogP contribution is -2.45. The van der Waals surface area contributed by atoms with Gasteiger partial charge in [-0.25, -0.2) is 18.7 Å². The van der Waals surface area contributed by atoms with E-state index < -0.39 is 27.8 Å². The Morgan fingerprint density at radius 2 is 1.91 bits per heavy atom. The minimum atomic E-state index is -2.94. The molecule has 186 valence electrons. The van der Waals surface area contributed by atoms with Crippen LogP contribution in [-0.4, -0.2) is 55.4 Å². The first kappa shape index (κ1) is 25.1. The Hall–Kier alpha value is -2.05. The third-order valence-corrected chi connectivity index (χ3v) is 7.93. The van der Waals surface area contributed by atoms with Crippen LogP contribution in [0.3, 0.4) is 0 Å². The van der Waals surface area contributed by atoms with Gasteiger partial charge in [0.1, 0.15) is 17.5 Å². The topological polar surface area (TPSA) is 116 Å². The van der Waals surface area contributed by atoms with E-state index in [1.807, 2.05) is 4.90 Å². The van der Waals surface area contributed by atoms with Gasteiger partial charge in [0.05, 0.1) is 40.0 Å². The van der Waals surface area contributed by atoms with Gasteiger partial charge in [-0.3, -0.25) is 13.9 Å². The van der Waals surface area contributed by atoms with Crippen molar-refractivity contribution in [2.24, 2.45) is 0 Å². The number of carbonyl (C=O) groups is 1. The maximum absolute atomic E-state index is 14.6. The molecule has 1 aromatic carbocycles. The molecule has 0 radical (unpaired) electrons. The molecule has 34 heavy (non-hydrogen) atoms. The zero-order valence-corrected chi connectivity index (χ0v) is 20.1. The molecular formula is C22H26ClF2N3O5S. The maximum atomic E-state index is 14.6. The van der Waals surface area contributed by atoms with Crippen molar-refractivity contribution >= 4 is 34.0 Å². The highest BCUT2D eigenvalue weighted by molar-refractivity contribution is 8.23. The number of aromatic nitrogens is 2. The molecule has 2 aromatic rings. The first-order chi connectivity index (χ1) is 16.0. The number of ether oxygens (including phenoxy) is 1. The lowest BCUT2D eigenvalue weighted by molar-refractivity contribution is -0.141. The second-order valence-electron chi connectivity index (χ2n) is 8.79. The second-order valence-corrected chi connectivity index (χ2v) is 11.4. The molecule has 4 rings (SSSR count). The molecule has 2 aliphatic heterocycles. The Morgan fingerprint density at radius 1 is 1.21 bits per heavy atom. The predicted molar refractivity (Wildman–Crippen MR) is 125 cm³/mol. The quantitative estimate of drug-likeness (QED) is 0.291. The molecule has 0 spiro atoms. The summed E-state index contributed by atoms with van der Waals surface area (Å²) in [5.74, 6) is -1.71. The molecule has 2 aliphatic rings. The van der Waals surface area contributed by atoms with Crippen molar-refractivity contribution in [3.8, 4) is 11.4 Å². The molecule has 0 saturated carbocycles. The fourth-order valence-electron chi connectivity index (χ4n) is 4.36. The Kier molecular flexibility index (Phi) is 7.03. The Labute approximate surface area is 202 Å². The SMILES string of the molecule is CC(=O)OCCCC1(O)CCN(c2nc(-c3cc(F)c(Cl)cc3F)nc3c2CS(O)(O)C3)CC1. The van der Waals surface area contributed by atoms with Gasteiger partial charge in [0.2, 0.25) is 0 Å². The number of anilines is 1. The van der Waals surface area contributed by atoms with Gasteiger partial charge >= 0.3 is 5.97 Å². The first-order valence-electron chi connectivity index (χ1n) is 10.9. The van der Waals surface area contributed by atoms with E-state index in [0.29, 0.717) is 55.8 Å². The summed E-state index contributed by atoms with van der Waals surface area (Å²) in [7, 11) is -2.94. The second kappa shape index (κ2) is 9.54. The summed E-state index contributed by atoms with van der Waals surface area (Å²) < 4.78 is 54.2. The van der Waals surface area contributed by atoms with E-state index >= 15 is 0 Å². The summed E-state index contributed by atoms with van der Waals surface area (Å²) in [4.78, 5) is 21.6. The van der Waals surface area contributed by atoms with Crippen molar-refractivity contribution in [1.82, 2.24) is 9.97 Å². The predicted octanol–water partition coefficient (Wildman–Crippen LogP) is 4.51. The van der Waals surface area contributed by atoms with Gasteiger partial charge in [-0.1, -0.05) is 11.6 Å². The van der Waals surface area contributed by atoms with Gasteiger partial charge in [0.25, 0.3) is 0 Å². The largest absolute Gasteiger partial charge is 0.466 e. The van der Waals surface area contributed by atoms with Gasteiger partial charge in [-0.05, 0) is 37.8 Å². The molecule has 12 heteroatoms. The van der Waals surface area contributed by atoms with Gasteiger partial charge < -0.3 is 14.7 Å². The van der Waals surface area contributed by atoms with Crippen LogP contribution in [0.5, 0.6) is 0 Å². The zero-order valence-electron chi connectivity index (χ0n) is 18.6. The number of rotatable bonds is 6. The molecule has 0 bridgehead atoms. The van der Waals surface area contributed by atoms with E-state index in [9.17, 15) is 27.8 Å². The summed E-state index contributed by atoms with van der Waals surface area (Å²) >= 11 is 5.67. The monoisotopic (exact) mass is 517 g/mol. The third-order valence-electron chi connectivity index (χ3n) is 6.15. The number of halogens is 3. The number of hydrogen-bond donors (Lipinski definition) is 3. The Balaban J connectivity index is 1.59. The number of esters is 1. The lowest BCUT2D eigenvalue weighted by Gasteiger charge is -2.39. The maximum Gasteiger partial charge on any atom is 0.302 e. The van der Waals surface area contributed by atoms with E-state index in [4.69, 9.17) is 16.3 Å². The van der Waals surface area contributed by atoms with E-state index in [-0.39, 0.29) is 40.5 Å². The van der Waals surface area contributed by atoms with Crippen LogP contribution in [0.1, 0.15) is 43.9 Å². The minimum Gasteiger partial charge on any atom is -0.466 e. The number of hydrogen-bond acceptors (Lipinski definition) is 8. The first-order valence-corrected chi connectivity index (χ1v) is 13.1. The van der Waals surface area contributed by atoms with Crippen molar-refractivity contribution in [1.29, 1.82) is 0 Å². The molecule has 0 unspecified atom stereocenters. The summed E-state index contributed by atoms with van der Waals surface area (Å²) in [6, 6.07) is 1.78. The Morgan fingerprint density at radius 3 is 2.59 bits per heavy atom. The molecular weight excluding hydrogens is 492 g/mol. The number of aliphatic hydroxyl groups is 1. The number of nitrogens with zero attached hydrogens (tertiary/aromatic N) is 3. The highest BCUT2D eigenvalue weighted by Crippen LogP contribution is 2.54. The summed E-state index contributed by atoms with van der Waals surface area (Å²) in [6.45, 7) is 2.42. The normalized spacial score (nSPS) is 19.6. The summed E-state index contributed by atoms with van der Waals surface area (Å²) in [6.07, 6.45) is 1.84. The van der Waals surface area contributed by atoms with Gasteiger partial charge in [0.15, 0.2) is 5.82 Å². The van der Waals surface area contributed by atoms with Crippen molar-refractivity contribution in [3.05, 3.63) is 40.0 Å². The summed E-state index contributed by atoms with van der Waals surface area (Å²) in [5, 5.41) is 10.6. The van der Waals surface area contributed by atoms with Crippen LogP contribution in [0.4, 0.5) is 14.6 Å². The molecule has 3 heterocycles. The van der Waals surface area contributed by atoms with Gasteiger partial charge in [0, 0.05) is 25.6 Å². The van der Waals surface area contributed by atoms with Crippen LogP contribution in [0, 0.1) is 11.6 Å². The van der Waals surface area contributed by atoms with E-state index in [0.717, 1.165) is 12.1 Å². The lowest BCUT2D eigenvalue weighted by atomic mass is 9.87. The smallest absolute Gasteiger partial charge is 0.302 e. The average Bonchev–Trinajstić information content (AvgIpc) is 3.07. The van der Waals surface area contributed by atoms with Gasteiger partial charge in [-0.15, -0.1) is 0 Å². The zero-order chi connectivity index (χ0) is 24.7. The van der Waals surface area contributed by atoms with Gasteiger partial charge in [-0.2, -0.15) is 10.6 Å². The number of fused-ring (bicyclic) bond motifs is 1. The van der Waals surface area contributed by atoms with Crippen molar-refractivity contribution in [2.45, 2.75) is 49.7 Å². The molecule has 0 atom stereocenters. The fraction of sp³-hybridized carbons (Fsp3) is 0.500. The van der Waals surface area contributed by atoms with Crippen LogP contribution < -0.4 is 4.90 Å². The van der Waals surface area contributed by atoms with Crippen molar-refractivity contribution in [2.75, 3.05) is 24.6 Å². The highest BCUT2D eigenvalue weighted by Gasteiger charge is 2.37. The summed E-state index contributed by atoms with van der Waals surface area (Å²) in [5.41, 5.74) is -0.145. The minimum absolute atomic E-state index is 0.0153. The highest BCUT2D eigenvalue weighted by atomic mass is 35.5. The fourth-order valence-corrected chi connectivity index (χ4v) is 6.05. The molecule has 0 amide bonds. The van der Waals surface area contributed by atoms with Crippen LogP contribution in [0.2, 0.25) is 5.02 Å². The number of carbonyl (C=O) groups excluding carboxylic acids is 1. The standard InChI is InChI=1S/C22H26ClF2N3O5S/c1-13(29)33-8-2-3-22(30)4-6-28(7-5-22)21-15-11-34(31,32)12-19(15)26-20(27-21)14-9-18(25)16(23)10-17(14)24/h9-10,30-32H,2-8,11-12H2,1H3. The van der Waals surface area contributed by atoms with E-state index in [1.54, 1.807) is 0 Å². The van der Waals surface area contributed by atoms with Crippen LogP contribution in [0.15, 0.2) is 12.1 Å². The molecule has 3 N–H and O–H groups in total. The van der Waals surface area contributed by atoms with Crippen LogP contribution in [-0.2, 0) is 21.0 Å².